The van der Waals surface area contributed by atoms with E-state index in [0.29, 0.717) is 0 Å². The molecule has 0 atom stereocenters. The Labute approximate surface area is 143 Å². The molecular formula is C22H18S. The van der Waals surface area contributed by atoms with Crippen molar-refractivity contribution in [2.45, 2.75) is 0 Å². The number of fused-ring (bicyclic) bond motifs is 1. The Hall–Kier alpha value is -2.51. The van der Waals surface area contributed by atoms with Gasteiger partial charge in [0.1, 0.15) is 0 Å². The Morgan fingerprint density at radius 3 is 1.70 bits per heavy atom. The van der Waals surface area contributed by atoms with Crippen LogP contribution >= 0.6 is 13.5 Å². The molecule has 0 fully saturated rings. The monoisotopic (exact) mass is 314 g/mol. The number of hydrogen-bond donors (Lipinski definition) is 0. The third kappa shape index (κ3) is 2.88. The van der Waals surface area contributed by atoms with Gasteiger partial charge in [-0.2, -0.15) is 13.5 Å². The zero-order valence-electron chi connectivity index (χ0n) is 12.7. The van der Waals surface area contributed by atoms with Crippen molar-refractivity contribution in [2.24, 2.45) is 0 Å². The number of rotatable bonds is 2. The van der Waals surface area contributed by atoms with E-state index in [1.165, 1.54) is 33.0 Å². The highest BCUT2D eigenvalue weighted by atomic mass is 32.1. The van der Waals surface area contributed by atoms with Crippen molar-refractivity contribution in [3.8, 4) is 22.3 Å². The lowest BCUT2D eigenvalue weighted by Crippen LogP contribution is -1.87. The number of hydrogen-bond acceptors (Lipinski definition) is 0. The van der Waals surface area contributed by atoms with E-state index in [-0.39, 0.29) is 13.5 Å². The van der Waals surface area contributed by atoms with Gasteiger partial charge in [0.2, 0.25) is 0 Å². The van der Waals surface area contributed by atoms with Crippen molar-refractivity contribution in [3.05, 3.63) is 97.1 Å². The molecule has 0 aliphatic heterocycles. The summed E-state index contributed by atoms with van der Waals surface area (Å²) in [5.41, 5.74) is 5.11. The smallest absolute Gasteiger partial charge is 0.00268 e. The van der Waals surface area contributed by atoms with Crippen molar-refractivity contribution in [1.82, 2.24) is 0 Å². The highest BCUT2D eigenvalue weighted by Crippen LogP contribution is 2.37. The molecule has 112 valence electrons. The maximum absolute atomic E-state index is 2.24. The summed E-state index contributed by atoms with van der Waals surface area (Å²) in [4.78, 5) is 0. The molecule has 0 aliphatic carbocycles. The largest absolute Gasteiger partial charge is 0.197 e. The molecule has 1 heteroatoms. The molecular weight excluding hydrogens is 296 g/mol. The minimum Gasteiger partial charge on any atom is -0.197 e. The summed E-state index contributed by atoms with van der Waals surface area (Å²) in [5, 5.41) is 2.58. The number of benzene rings is 4. The van der Waals surface area contributed by atoms with Crippen LogP contribution in [0.1, 0.15) is 0 Å². The van der Waals surface area contributed by atoms with Crippen LogP contribution in [0.25, 0.3) is 33.0 Å². The third-order valence-corrected chi connectivity index (χ3v) is 4.08. The van der Waals surface area contributed by atoms with Crippen LogP contribution < -0.4 is 0 Å². The van der Waals surface area contributed by atoms with E-state index in [1.807, 2.05) is 0 Å². The van der Waals surface area contributed by atoms with Crippen molar-refractivity contribution < 1.29 is 0 Å². The van der Waals surface area contributed by atoms with E-state index in [1.54, 1.807) is 0 Å². The molecule has 0 aromatic heterocycles. The standard InChI is InChI=1S/C22H16.H2S/c1-3-9-17(10-4-1)21-16-15-18-11-7-8-14-20(18)22(21)19-12-5-2-6-13-19;/h1-16H;1H2. The van der Waals surface area contributed by atoms with E-state index in [0.717, 1.165) is 0 Å². The van der Waals surface area contributed by atoms with Gasteiger partial charge in [-0.1, -0.05) is 97.1 Å². The predicted octanol–water partition coefficient (Wildman–Crippen LogP) is 6.29. The van der Waals surface area contributed by atoms with E-state index < -0.39 is 0 Å². The van der Waals surface area contributed by atoms with Gasteiger partial charge in [-0.05, 0) is 33.0 Å². The van der Waals surface area contributed by atoms with Crippen LogP contribution in [0, 0.1) is 0 Å². The van der Waals surface area contributed by atoms with Gasteiger partial charge < -0.3 is 0 Å². The first-order valence-electron chi connectivity index (χ1n) is 7.56. The zero-order chi connectivity index (χ0) is 14.8. The molecule has 0 unspecified atom stereocenters. The molecule has 0 aliphatic rings. The van der Waals surface area contributed by atoms with Crippen LogP contribution in [0.5, 0.6) is 0 Å². The first-order valence-corrected chi connectivity index (χ1v) is 7.56. The molecule has 0 radical (unpaired) electrons. The van der Waals surface area contributed by atoms with E-state index >= 15 is 0 Å². The highest BCUT2D eigenvalue weighted by molar-refractivity contribution is 7.59. The second kappa shape index (κ2) is 6.72. The molecule has 0 saturated carbocycles. The van der Waals surface area contributed by atoms with Crippen LogP contribution in [-0.4, -0.2) is 0 Å². The van der Waals surface area contributed by atoms with Gasteiger partial charge in [0, 0.05) is 0 Å². The van der Waals surface area contributed by atoms with Crippen LogP contribution in [0.15, 0.2) is 97.1 Å². The summed E-state index contributed by atoms with van der Waals surface area (Å²) in [6.45, 7) is 0. The quantitative estimate of drug-likeness (QED) is 0.408. The Morgan fingerprint density at radius 1 is 0.435 bits per heavy atom. The van der Waals surface area contributed by atoms with Crippen molar-refractivity contribution in [3.63, 3.8) is 0 Å². The minimum atomic E-state index is 0. The first-order chi connectivity index (χ1) is 10.9. The highest BCUT2D eigenvalue weighted by Gasteiger charge is 2.10. The molecule has 0 heterocycles. The maximum Gasteiger partial charge on any atom is -0.00268 e. The summed E-state index contributed by atoms with van der Waals surface area (Å²) in [6.07, 6.45) is 0. The fourth-order valence-electron chi connectivity index (χ4n) is 3.05. The molecule has 0 amide bonds. The maximum atomic E-state index is 2.24. The fourth-order valence-corrected chi connectivity index (χ4v) is 3.05. The van der Waals surface area contributed by atoms with Gasteiger partial charge >= 0.3 is 0 Å². The average molecular weight is 314 g/mol. The third-order valence-electron chi connectivity index (χ3n) is 4.08. The summed E-state index contributed by atoms with van der Waals surface area (Å²) in [7, 11) is 0. The zero-order valence-corrected chi connectivity index (χ0v) is 13.7. The molecule has 0 saturated heterocycles. The molecule has 4 aromatic carbocycles. The second-order valence-corrected chi connectivity index (χ2v) is 5.44. The SMILES string of the molecule is S.c1ccc(-c2ccc3ccccc3c2-c2ccccc2)cc1. The Balaban J connectivity index is 0.00000156. The molecule has 0 spiro atoms. The summed E-state index contributed by atoms with van der Waals surface area (Å²) in [5.74, 6) is 0. The topological polar surface area (TPSA) is 0 Å². The van der Waals surface area contributed by atoms with E-state index in [9.17, 15) is 0 Å². The summed E-state index contributed by atoms with van der Waals surface area (Å²) < 4.78 is 0. The van der Waals surface area contributed by atoms with Gasteiger partial charge in [-0.25, -0.2) is 0 Å². The van der Waals surface area contributed by atoms with Crippen LogP contribution in [-0.2, 0) is 0 Å². The lowest BCUT2D eigenvalue weighted by atomic mass is 9.90. The molecule has 0 N–H and O–H groups in total. The van der Waals surface area contributed by atoms with Gasteiger partial charge in [-0.15, -0.1) is 0 Å². The first kappa shape index (κ1) is 15.4. The Kier molecular flexibility index (Phi) is 4.50. The van der Waals surface area contributed by atoms with E-state index in [2.05, 4.69) is 97.1 Å². The Morgan fingerprint density at radius 2 is 1.00 bits per heavy atom. The Bertz CT molecular complexity index is 912. The second-order valence-electron chi connectivity index (χ2n) is 5.44. The normalized spacial score (nSPS) is 10.3. The minimum absolute atomic E-state index is 0. The van der Waals surface area contributed by atoms with Gasteiger partial charge in [0.05, 0.1) is 0 Å². The molecule has 4 aromatic rings. The van der Waals surface area contributed by atoms with Crippen molar-refractivity contribution >= 4 is 24.3 Å². The molecule has 0 bridgehead atoms. The average Bonchev–Trinajstić information content (AvgIpc) is 2.62. The van der Waals surface area contributed by atoms with Crippen LogP contribution in [0.3, 0.4) is 0 Å². The predicted molar refractivity (Wildman–Crippen MR) is 105 cm³/mol. The van der Waals surface area contributed by atoms with Gasteiger partial charge in [0.25, 0.3) is 0 Å². The van der Waals surface area contributed by atoms with Crippen LogP contribution in [0.2, 0.25) is 0 Å². The molecule has 4 rings (SSSR count). The lowest BCUT2D eigenvalue weighted by Gasteiger charge is -2.14. The summed E-state index contributed by atoms with van der Waals surface area (Å²) >= 11 is 0. The fraction of sp³-hybridized carbons (Fsp3) is 0. The van der Waals surface area contributed by atoms with Gasteiger partial charge in [0.15, 0.2) is 0 Å². The van der Waals surface area contributed by atoms with Crippen LogP contribution in [0.4, 0.5) is 0 Å². The van der Waals surface area contributed by atoms with E-state index in [4.69, 9.17) is 0 Å². The molecule has 0 nitrogen and oxygen atoms in total. The van der Waals surface area contributed by atoms with Gasteiger partial charge in [-0.3, -0.25) is 0 Å². The lowest BCUT2D eigenvalue weighted by molar-refractivity contribution is 1.61. The van der Waals surface area contributed by atoms with Crippen molar-refractivity contribution in [2.75, 3.05) is 0 Å². The summed E-state index contributed by atoms with van der Waals surface area (Å²) in [6, 6.07) is 34.3. The molecule has 23 heavy (non-hydrogen) atoms. The van der Waals surface area contributed by atoms with Crippen molar-refractivity contribution in [1.29, 1.82) is 0 Å².